The Kier molecular flexibility index (Phi) is 3.60. The van der Waals surface area contributed by atoms with Gasteiger partial charge in [-0.3, -0.25) is 4.79 Å². The summed E-state index contributed by atoms with van der Waals surface area (Å²) >= 11 is 0. The Labute approximate surface area is 117 Å². The molecular formula is C15H19N3O2. The van der Waals surface area contributed by atoms with E-state index in [2.05, 4.69) is 10.3 Å². The van der Waals surface area contributed by atoms with Crippen molar-refractivity contribution < 1.29 is 9.53 Å². The molecule has 1 atom stereocenters. The maximum absolute atomic E-state index is 12.2. The third-order valence-corrected chi connectivity index (χ3v) is 3.81. The Bertz CT molecular complexity index is 615. The number of aromatic nitrogens is 1. The van der Waals surface area contributed by atoms with Crippen LogP contribution in [0.25, 0.3) is 10.9 Å². The first-order valence-corrected chi connectivity index (χ1v) is 6.96. The molecular weight excluding hydrogens is 254 g/mol. The maximum Gasteiger partial charge on any atom is 0.253 e. The van der Waals surface area contributed by atoms with Crippen LogP contribution in [0.3, 0.4) is 0 Å². The van der Waals surface area contributed by atoms with Gasteiger partial charge in [-0.15, -0.1) is 0 Å². The van der Waals surface area contributed by atoms with Gasteiger partial charge in [0, 0.05) is 42.5 Å². The quantitative estimate of drug-likeness (QED) is 0.744. The number of nitrogens with one attached hydrogen (secondary N) is 2. The Hall–Kier alpha value is -2.01. The fourth-order valence-electron chi connectivity index (χ4n) is 2.63. The summed E-state index contributed by atoms with van der Waals surface area (Å²) in [5, 5.41) is 3.88. The predicted molar refractivity (Wildman–Crippen MR) is 78.6 cm³/mol. The number of hydrogen-bond donors (Lipinski definition) is 3. The highest BCUT2D eigenvalue weighted by Crippen LogP contribution is 2.21. The van der Waals surface area contributed by atoms with Gasteiger partial charge in [-0.05, 0) is 37.0 Å². The molecule has 1 fully saturated rings. The number of ether oxygens (including phenoxy) is 1. The van der Waals surface area contributed by atoms with E-state index in [1.54, 1.807) is 6.20 Å². The molecule has 1 aromatic carbocycles. The summed E-state index contributed by atoms with van der Waals surface area (Å²) in [6.45, 7) is 2.36. The molecule has 1 aromatic heterocycles. The van der Waals surface area contributed by atoms with Gasteiger partial charge in [-0.25, -0.2) is 0 Å². The molecule has 0 aliphatic carbocycles. The number of nitrogens with two attached hydrogens (primary N) is 1. The summed E-state index contributed by atoms with van der Waals surface area (Å²) in [4.78, 5) is 15.3. The van der Waals surface area contributed by atoms with E-state index in [-0.39, 0.29) is 5.91 Å². The van der Waals surface area contributed by atoms with Crippen LogP contribution in [0.2, 0.25) is 0 Å². The molecule has 1 aliphatic heterocycles. The fraction of sp³-hybridized carbons (Fsp3) is 0.400. The van der Waals surface area contributed by atoms with Crippen molar-refractivity contribution in [2.75, 3.05) is 25.5 Å². The number of H-pyrrole nitrogens is 1. The molecule has 1 saturated heterocycles. The van der Waals surface area contributed by atoms with E-state index in [0.717, 1.165) is 37.0 Å². The van der Waals surface area contributed by atoms with Crippen LogP contribution in [0.15, 0.2) is 24.4 Å². The van der Waals surface area contributed by atoms with Crippen LogP contribution in [0.4, 0.5) is 5.69 Å². The van der Waals surface area contributed by atoms with Gasteiger partial charge in [-0.2, -0.15) is 0 Å². The van der Waals surface area contributed by atoms with E-state index in [1.165, 1.54) is 0 Å². The van der Waals surface area contributed by atoms with Gasteiger partial charge >= 0.3 is 0 Å². The van der Waals surface area contributed by atoms with Crippen molar-refractivity contribution in [2.45, 2.75) is 12.8 Å². The van der Waals surface area contributed by atoms with Crippen molar-refractivity contribution in [3.63, 3.8) is 0 Å². The number of nitrogen functional groups attached to an aromatic ring is 1. The Morgan fingerprint density at radius 2 is 2.40 bits per heavy atom. The van der Waals surface area contributed by atoms with Gasteiger partial charge in [0.25, 0.3) is 5.91 Å². The van der Waals surface area contributed by atoms with Crippen molar-refractivity contribution >= 4 is 22.5 Å². The van der Waals surface area contributed by atoms with Crippen LogP contribution in [0, 0.1) is 5.92 Å². The zero-order valence-electron chi connectivity index (χ0n) is 11.3. The zero-order chi connectivity index (χ0) is 13.9. The van der Waals surface area contributed by atoms with Crippen LogP contribution >= 0.6 is 0 Å². The largest absolute Gasteiger partial charge is 0.399 e. The molecule has 0 saturated carbocycles. The van der Waals surface area contributed by atoms with Gasteiger partial charge in [0.05, 0.1) is 5.56 Å². The zero-order valence-corrected chi connectivity index (χ0v) is 11.3. The monoisotopic (exact) mass is 273 g/mol. The molecule has 3 rings (SSSR count). The lowest BCUT2D eigenvalue weighted by Crippen LogP contribution is -2.25. The summed E-state index contributed by atoms with van der Waals surface area (Å²) in [6, 6.07) is 5.52. The third kappa shape index (κ3) is 2.63. The minimum atomic E-state index is -0.0417. The van der Waals surface area contributed by atoms with Gasteiger partial charge in [0.2, 0.25) is 0 Å². The summed E-state index contributed by atoms with van der Waals surface area (Å²) < 4.78 is 5.33. The van der Waals surface area contributed by atoms with Gasteiger partial charge in [0.15, 0.2) is 0 Å². The molecule has 5 heteroatoms. The minimum absolute atomic E-state index is 0.0417. The van der Waals surface area contributed by atoms with E-state index in [1.807, 2.05) is 18.2 Å². The highest BCUT2D eigenvalue weighted by atomic mass is 16.5. The lowest BCUT2D eigenvalue weighted by molar-refractivity contribution is 0.0952. The van der Waals surface area contributed by atoms with Crippen molar-refractivity contribution in [2.24, 2.45) is 5.92 Å². The van der Waals surface area contributed by atoms with E-state index < -0.39 is 0 Å². The number of carbonyl (C=O) groups excluding carboxylic acids is 1. The number of carbonyl (C=O) groups is 1. The first-order valence-electron chi connectivity index (χ1n) is 6.96. The summed E-state index contributed by atoms with van der Waals surface area (Å²) in [5.41, 5.74) is 7.97. The predicted octanol–water partition coefficient (Wildman–Crippen LogP) is 1.91. The second-order valence-corrected chi connectivity index (χ2v) is 5.28. The van der Waals surface area contributed by atoms with E-state index in [0.29, 0.717) is 23.7 Å². The number of amides is 1. The smallest absolute Gasteiger partial charge is 0.253 e. The molecule has 20 heavy (non-hydrogen) atoms. The van der Waals surface area contributed by atoms with Gasteiger partial charge < -0.3 is 20.8 Å². The number of benzene rings is 1. The summed E-state index contributed by atoms with van der Waals surface area (Å²) in [5.74, 6) is 0.540. The second kappa shape index (κ2) is 5.54. The summed E-state index contributed by atoms with van der Waals surface area (Å²) in [6.07, 6.45) is 3.81. The molecule has 4 N–H and O–H groups in total. The van der Waals surface area contributed by atoms with Crippen LogP contribution < -0.4 is 11.1 Å². The number of anilines is 1. The average Bonchev–Trinajstić information content (AvgIpc) is 3.07. The Morgan fingerprint density at radius 1 is 1.50 bits per heavy atom. The maximum atomic E-state index is 12.2. The molecule has 1 aliphatic rings. The van der Waals surface area contributed by atoms with Crippen molar-refractivity contribution in [1.29, 1.82) is 0 Å². The molecule has 2 heterocycles. The minimum Gasteiger partial charge on any atom is -0.399 e. The summed E-state index contributed by atoms with van der Waals surface area (Å²) in [7, 11) is 0. The number of fused-ring (bicyclic) bond motifs is 1. The second-order valence-electron chi connectivity index (χ2n) is 5.28. The Balaban J connectivity index is 1.63. The number of rotatable bonds is 4. The lowest BCUT2D eigenvalue weighted by atomic mass is 10.1. The topological polar surface area (TPSA) is 80.1 Å². The van der Waals surface area contributed by atoms with Crippen molar-refractivity contribution in [3.8, 4) is 0 Å². The molecule has 2 aromatic rings. The van der Waals surface area contributed by atoms with Crippen LogP contribution in [0.1, 0.15) is 23.2 Å². The molecule has 106 valence electrons. The van der Waals surface area contributed by atoms with Crippen molar-refractivity contribution in [1.82, 2.24) is 10.3 Å². The Morgan fingerprint density at radius 3 is 3.20 bits per heavy atom. The highest BCUT2D eigenvalue weighted by Gasteiger charge is 2.16. The number of hydrogen-bond acceptors (Lipinski definition) is 3. The van der Waals surface area contributed by atoms with Gasteiger partial charge in [-0.1, -0.05) is 0 Å². The lowest BCUT2D eigenvalue weighted by Gasteiger charge is -2.08. The first kappa shape index (κ1) is 13.0. The molecule has 1 amide bonds. The average molecular weight is 273 g/mol. The van der Waals surface area contributed by atoms with Crippen LogP contribution in [-0.4, -0.2) is 30.6 Å². The van der Waals surface area contributed by atoms with E-state index in [9.17, 15) is 4.79 Å². The van der Waals surface area contributed by atoms with Crippen LogP contribution in [-0.2, 0) is 4.74 Å². The molecule has 1 unspecified atom stereocenters. The van der Waals surface area contributed by atoms with Crippen molar-refractivity contribution in [3.05, 3.63) is 30.0 Å². The third-order valence-electron chi connectivity index (χ3n) is 3.81. The molecule has 0 radical (unpaired) electrons. The highest BCUT2D eigenvalue weighted by molar-refractivity contribution is 6.07. The molecule has 0 spiro atoms. The molecule has 5 nitrogen and oxygen atoms in total. The van der Waals surface area contributed by atoms with E-state index in [4.69, 9.17) is 10.5 Å². The SMILES string of the molecule is Nc1ccc2c(C(=O)NCCC3CCOC3)c[nH]c2c1. The van der Waals surface area contributed by atoms with Gasteiger partial charge in [0.1, 0.15) is 0 Å². The van der Waals surface area contributed by atoms with E-state index >= 15 is 0 Å². The fourth-order valence-corrected chi connectivity index (χ4v) is 2.63. The molecule has 0 bridgehead atoms. The normalized spacial score (nSPS) is 18.5. The first-order chi connectivity index (χ1) is 9.74. The number of aromatic amines is 1. The van der Waals surface area contributed by atoms with Crippen LogP contribution in [0.5, 0.6) is 0 Å². The standard InChI is InChI=1S/C15H19N3O2/c16-11-1-2-12-13(8-18-14(12)7-11)15(19)17-5-3-10-4-6-20-9-10/h1-2,7-8,10,18H,3-6,9,16H2,(H,17,19).